The number of likely N-dealkylation sites (tertiary alicyclic amines) is 1. The molecular weight excluding hydrogens is 240 g/mol. The van der Waals surface area contributed by atoms with E-state index in [1.54, 1.807) is 7.05 Å². The molecule has 0 N–H and O–H groups in total. The third kappa shape index (κ3) is 3.67. The van der Waals surface area contributed by atoms with Crippen molar-refractivity contribution in [1.29, 1.82) is 0 Å². The molecule has 1 atom stereocenters. The van der Waals surface area contributed by atoms with Crippen molar-refractivity contribution in [3.8, 4) is 0 Å². The number of rotatable bonds is 3. The van der Waals surface area contributed by atoms with Crippen LogP contribution in [-0.4, -0.2) is 55.5 Å². The summed E-state index contributed by atoms with van der Waals surface area (Å²) in [5, 5.41) is 0. The van der Waals surface area contributed by atoms with Gasteiger partial charge in [-0.3, -0.25) is 4.79 Å². The highest BCUT2D eigenvalue weighted by atomic mass is 32.2. The van der Waals surface area contributed by atoms with Gasteiger partial charge in [0.05, 0.1) is 6.26 Å². The summed E-state index contributed by atoms with van der Waals surface area (Å²) >= 11 is 0. The molecule has 6 heteroatoms. The maximum Gasteiger partial charge on any atom is 0.223 e. The summed E-state index contributed by atoms with van der Waals surface area (Å²) in [6.45, 7) is 7.04. The van der Waals surface area contributed by atoms with Crippen LogP contribution in [0.5, 0.6) is 0 Å². The molecule has 1 aliphatic rings. The Kier molecular flexibility index (Phi) is 3.88. The van der Waals surface area contributed by atoms with E-state index in [0.29, 0.717) is 19.5 Å². The Morgan fingerprint density at radius 3 is 2.29 bits per heavy atom. The summed E-state index contributed by atoms with van der Waals surface area (Å²) in [7, 11) is -1.60. The molecule has 0 saturated carbocycles. The minimum absolute atomic E-state index is 0.0986. The van der Waals surface area contributed by atoms with Gasteiger partial charge >= 0.3 is 0 Å². The molecule has 1 amide bonds. The second-order valence-corrected chi connectivity index (χ2v) is 7.88. The Bertz CT molecular complexity index is 397. The third-order valence-electron chi connectivity index (χ3n) is 3.10. The van der Waals surface area contributed by atoms with Gasteiger partial charge in [-0.15, -0.1) is 0 Å². The first-order chi connectivity index (χ1) is 7.51. The SMILES string of the molecule is CN(C[C@H]1CC(=O)N(C(C)(C)C)C1)S(C)(=O)=O. The van der Waals surface area contributed by atoms with Crippen molar-refractivity contribution in [2.45, 2.75) is 32.7 Å². The first kappa shape index (κ1) is 14.4. The Morgan fingerprint density at radius 2 is 1.94 bits per heavy atom. The van der Waals surface area contributed by atoms with Crippen molar-refractivity contribution in [1.82, 2.24) is 9.21 Å². The normalized spacial score (nSPS) is 22.6. The van der Waals surface area contributed by atoms with E-state index in [1.165, 1.54) is 10.6 Å². The van der Waals surface area contributed by atoms with Crippen LogP contribution in [0, 0.1) is 5.92 Å². The molecule has 1 heterocycles. The zero-order valence-electron chi connectivity index (χ0n) is 11.2. The van der Waals surface area contributed by atoms with Gasteiger partial charge < -0.3 is 4.90 Å². The van der Waals surface area contributed by atoms with Gasteiger partial charge in [-0.05, 0) is 26.7 Å². The number of amides is 1. The number of carbonyl (C=O) groups excluding carboxylic acids is 1. The van der Waals surface area contributed by atoms with E-state index >= 15 is 0 Å². The maximum atomic E-state index is 11.8. The van der Waals surface area contributed by atoms with Crippen LogP contribution in [-0.2, 0) is 14.8 Å². The molecule has 0 spiro atoms. The summed E-state index contributed by atoms with van der Waals surface area (Å²) < 4.78 is 23.9. The standard InChI is InChI=1S/C11H22N2O3S/c1-11(2,3)13-8-9(6-10(13)14)7-12(4)17(5,15)16/h9H,6-8H2,1-5H3/t9-/m1/s1. The van der Waals surface area contributed by atoms with E-state index in [4.69, 9.17) is 0 Å². The van der Waals surface area contributed by atoms with Crippen LogP contribution in [0.15, 0.2) is 0 Å². The summed E-state index contributed by atoms with van der Waals surface area (Å²) in [5.41, 5.74) is -0.185. The molecular formula is C11H22N2O3S. The van der Waals surface area contributed by atoms with Gasteiger partial charge in [-0.1, -0.05) is 0 Å². The van der Waals surface area contributed by atoms with Crippen LogP contribution in [0.2, 0.25) is 0 Å². The number of nitrogens with zero attached hydrogens (tertiary/aromatic N) is 2. The van der Waals surface area contributed by atoms with Crippen molar-refractivity contribution < 1.29 is 13.2 Å². The molecule has 5 nitrogen and oxygen atoms in total. The predicted octanol–water partition coefficient (Wildman–Crippen LogP) is 0.525. The molecule has 17 heavy (non-hydrogen) atoms. The lowest BCUT2D eigenvalue weighted by molar-refractivity contribution is -0.131. The Hall–Kier alpha value is -0.620. The van der Waals surface area contributed by atoms with Crippen molar-refractivity contribution in [2.24, 2.45) is 5.92 Å². The molecule has 1 saturated heterocycles. The van der Waals surface area contributed by atoms with Crippen LogP contribution in [0.25, 0.3) is 0 Å². The van der Waals surface area contributed by atoms with E-state index in [9.17, 15) is 13.2 Å². The maximum absolute atomic E-state index is 11.8. The molecule has 1 rings (SSSR count). The quantitative estimate of drug-likeness (QED) is 0.745. The highest BCUT2D eigenvalue weighted by molar-refractivity contribution is 7.88. The Labute approximate surface area is 104 Å². The molecule has 0 aromatic heterocycles. The van der Waals surface area contributed by atoms with Gasteiger partial charge in [0.15, 0.2) is 0 Å². The molecule has 0 unspecified atom stereocenters. The fourth-order valence-electron chi connectivity index (χ4n) is 2.05. The monoisotopic (exact) mass is 262 g/mol. The molecule has 0 aromatic rings. The molecule has 0 aliphatic carbocycles. The van der Waals surface area contributed by atoms with Crippen molar-refractivity contribution in [2.75, 3.05) is 26.4 Å². The molecule has 0 radical (unpaired) electrons. The van der Waals surface area contributed by atoms with E-state index in [2.05, 4.69) is 0 Å². The Morgan fingerprint density at radius 1 is 1.41 bits per heavy atom. The van der Waals surface area contributed by atoms with Crippen LogP contribution >= 0.6 is 0 Å². The van der Waals surface area contributed by atoms with E-state index in [-0.39, 0.29) is 17.4 Å². The zero-order chi connectivity index (χ0) is 13.4. The first-order valence-corrected chi connectivity index (χ1v) is 7.58. The smallest absolute Gasteiger partial charge is 0.223 e. The predicted molar refractivity (Wildman–Crippen MR) is 67.0 cm³/mol. The van der Waals surface area contributed by atoms with Gasteiger partial charge in [0, 0.05) is 32.1 Å². The third-order valence-corrected chi connectivity index (χ3v) is 4.38. The van der Waals surface area contributed by atoms with Gasteiger partial charge in [0.25, 0.3) is 0 Å². The summed E-state index contributed by atoms with van der Waals surface area (Å²) in [5.74, 6) is 0.214. The van der Waals surface area contributed by atoms with Crippen LogP contribution in [0.1, 0.15) is 27.2 Å². The lowest BCUT2D eigenvalue weighted by Crippen LogP contribution is -2.42. The minimum atomic E-state index is -3.16. The largest absolute Gasteiger partial charge is 0.338 e. The minimum Gasteiger partial charge on any atom is -0.338 e. The second kappa shape index (κ2) is 4.57. The topological polar surface area (TPSA) is 57.7 Å². The van der Waals surface area contributed by atoms with Crippen molar-refractivity contribution in [3.63, 3.8) is 0 Å². The van der Waals surface area contributed by atoms with Crippen molar-refractivity contribution >= 4 is 15.9 Å². The highest BCUT2D eigenvalue weighted by Gasteiger charge is 2.37. The average molecular weight is 262 g/mol. The number of carbonyl (C=O) groups is 1. The van der Waals surface area contributed by atoms with Gasteiger partial charge in [-0.2, -0.15) is 0 Å². The van der Waals surface area contributed by atoms with Gasteiger partial charge in [0.1, 0.15) is 0 Å². The summed E-state index contributed by atoms with van der Waals surface area (Å²) in [6.07, 6.45) is 1.63. The molecule has 1 fully saturated rings. The van der Waals surface area contributed by atoms with E-state index in [1.807, 2.05) is 25.7 Å². The molecule has 1 aliphatic heterocycles. The molecule has 100 valence electrons. The first-order valence-electron chi connectivity index (χ1n) is 5.73. The number of sulfonamides is 1. The summed E-state index contributed by atoms with van der Waals surface area (Å²) in [4.78, 5) is 13.6. The van der Waals surface area contributed by atoms with Gasteiger partial charge in [-0.25, -0.2) is 12.7 Å². The number of hydrogen-bond acceptors (Lipinski definition) is 3. The Balaban J connectivity index is 2.65. The number of hydrogen-bond donors (Lipinski definition) is 0. The van der Waals surface area contributed by atoms with Crippen LogP contribution in [0.4, 0.5) is 0 Å². The summed E-state index contributed by atoms with van der Waals surface area (Å²) in [6, 6.07) is 0. The second-order valence-electron chi connectivity index (χ2n) is 5.79. The average Bonchev–Trinajstić information content (AvgIpc) is 2.44. The van der Waals surface area contributed by atoms with Crippen LogP contribution in [0.3, 0.4) is 0 Å². The fourth-order valence-corrected chi connectivity index (χ4v) is 2.53. The van der Waals surface area contributed by atoms with Gasteiger partial charge in [0.2, 0.25) is 15.9 Å². The van der Waals surface area contributed by atoms with Crippen molar-refractivity contribution in [3.05, 3.63) is 0 Å². The molecule has 0 aromatic carbocycles. The van der Waals surface area contributed by atoms with E-state index in [0.717, 1.165) is 0 Å². The fraction of sp³-hybridized carbons (Fsp3) is 0.909. The lowest BCUT2D eigenvalue weighted by atomic mass is 10.1. The highest BCUT2D eigenvalue weighted by Crippen LogP contribution is 2.26. The van der Waals surface area contributed by atoms with E-state index < -0.39 is 10.0 Å². The zero-order valence-corrected chi connectivity index (χ0v) is 12.0. The molecule has 0 bridgehead atoms. The lowest BCUT2D eigenvalue weighted by Gasteiger charge is -2.32. The van der Waals surface area contributed by atoms with Crippen LogP contribution < -0.4 is 0 Å².